The molecule has 3 N–H and O–H groups in total. The summed E-state index contributed by atoms with van der Waals surface area (Å²) in [7, 11) is 0. The first-order valence-corrected chi connectivity index (χ1v) is 29.4. The third kappa shape index (κ3) is 51.8. The highest BCUT2D eigenvalue weighted by molar-refractivity contribution is 5.76. The SMILES string of the molecule is CCCCCCCC/C=C\CCCCCCCC(=O)OCCCCCCCCCCCCCCCCCCCCCCC(=O)NC(CO)C(O)CCCCCCCCCCCCCCC. The molecule has 1 amide bonds. The molecule has 0 aromatic rings. The largest absolute Gasteiger partial charge is 0.466 e. The van der Waals surface area contributed by atoms with Crippen molar-refractivity contribution in [1.82, 2.24) is 5.32 Å². The number of hydrogen-bond acceptors (Lipinski definition) is 5. The van der Waals surface area contributed by atoms with Crippen LogP contribution in [0.2, 0.25) is 0 Å². The van der Waals surface area contributed by atoms with E-state index in [-0.39, 0.29) is 18.5 Å². The van der Waals surface area contributed by atoms with Gasteiger partial charge < -0.3 is 20.3 Å². The number of amides is 1. The molecule has 0 heterocycles. The van der Waals surface area contributed by atoms with Crippen LogP contribution in [0.1, 0.15) is 328 Å². The van der Waals surface area contributed by atoms with Crippen LogP contribution >= 0.6 is 0 Å². The first-order chi connectivity index (χ1) is 32.0. The lowest BCUT2D eigenvalue weighted by atomic mass is 10.0. The second-order valence-electron chi connectivity index (χ2n) is 20.3. The minimum absolute atomic E-state index is 0.00320. The Labute approximate surface area is 406 Å². The third-order valence-corrected chi connectivity index (χ3v) is 13.8. The zero-order valence-corrected chi connectivity index (χ0v) is 44.0. The average molecular weight is 919 g/mol. The maximum absolute atomic E-state index is 12.5. The zero-order chi connectivity index (χ0) is 47.2. The Morgan fingerprint density at radius 2 is 0.723 bits per heavy atom. The van der Waals surface area contributed by atoms with Gasteiger partial charge in [0.2, 0.25) is 5.91 Å². The number of allylic oxidation sites excluding steroid dienone is 2. The van der Waals surface area contributed by atoms with Crippen LogP contribution in [0.25, 0.3) is 0 Å². The summed E-state index contributed by atoms with van der Waals surface area (Å²) in [4.78, 5) is 24.5. The summed E-state index contributed by atoms with van der Waals surface area (Å²) in [6.45, 7) is 4.95. The standard InChI is InChI=1S/C59H115NO5/c1-3-5-7-9-11-13-15-17-24-29-33-37-41-45-49-53-59(64)65-54-50-46-42-38-34-30-26-23-21-19-18-20-22-25-28-32-36-40-44-48-52-58(63)60-56(55-61)57(62)51-47-43-39-35-31-27-16-14-12-10-8-6-4-2/h17,24,56-57,61-62H,3-16,18-23,25-55H2,1-2H3,(H,60,63)/b24-17-. The molecule has 0 aliphatic carbocycles. The van der Waals surface area contributed by atoms with Crippen LogP contribution in [0.5, 0.6) is 0 Å². The number of esters is 1. The van der Waals surface area contributed by atoms with Crippen LogP contribution in [0.15, 0.2) is 12.2 Å². The molecule has 0 spiro atoms. The number of aliphatic hydroxyl groups is 2. The molecule has 0 aliphatic rings. The fourth-order valence-corrected chi connectivity index (χ4v) is 9.28. The first-order valence-electron chi connectivity index (χ1n) is 29.4. The maximum Gasteiger partial charge on any atom is 0.305 e. The molecule has 0 saturated carbocycles. The number of carbonyl (C=O) groups excluding carboxylic acids is 2. The Morgan fingerprint density at radius 1 is 0.415 bits per heavy atom. The Bertz CT molecular complexity index is 970. The van der Waals surface area contributed by atoms with Gasteiger partial charge in [-0.1, -0.05) is 276 Å². The van der Waals surface area contributed by atoms with Crippen molar-refractivity contribution in [1.29, 1.82) is 0 Å². The van der Waals surface area contributed by atoms with Crippen LogP contribution < -0.4 is 5.32 Å². The predicted octanol–water partition coefficient (Wildman–Crippen LogP) is 18.1. The molecule has 0 aliphatic heterocycles. The van der Waals surface area contributed by atoms with Crippen molar-refractivity contribution in [2.24, 2.45) is 0 Å². The van der Waals surface area contributed by atoms with Crippen LogP contribution in [0, 0.1) is 0 Å². The van der Waals surface area contributed by atoms with Crippen molar-refractivity contribution in [3.63, 3.8) is 0 Å². The molecule has 0 fully saturated rings. The minimum Gasteiger partial charge on any atom is -0.466 e. The van der Waals surface area contributed by atoms with Crippen molar-refractivity contribution in [3.05, 3.63) is 12.2 Å². The summed E-state index contributed by atoms with van der Waals surface area (Å²) in [6, 6.07) is -0.541. The molecule has 0 bridgehead atoms. The lowest BCUT2D eigenvalue weighted by molar-refractivity contribution is -0.143. The number of aliphatic hydroxyl groups excluding tert-OH is 2. The van der Waals surface area contributed by atoms with Crippen LogP contribution in [-0.4, -0.2) is 47.4 Å². The minimum atomic E-state index is -0.664. The van der Waals surface area contributed by atoms with Gasteiger partial charge in [-0.25, -0.2) is 0 Å². The van der Waals surface area contributed by atoms with Crippen LogP contribution in [-0.2, 0) is 14.3 Å². The zero-order valence-electron chi connectivity index (χ0n) is 44.0. The smallest absolute Gasteiger partial charge is 0.305 e. The van der Waals surface area contributed by atoms with E-state index in [0.717, 1.165) is 44.9 Å². The summed E-state index contributed by atoms with van der Waals surface area (Å²) in [5, 5.41) is 23.2. The van der Waals surface area contributed by atoms with Gasteiger partial charge in [0.05, 0.1) is 25.4 Å². The predicted molar refractivity (Wildman–Crippen MR) is 283 cm³/mol. The second kappa shape index (κ2) is 55.2. The molecule has 65 heavy (non-hydrogen) atoms. The third-order valence-electron chi connectivity index (χ3n) is 13.8. The molecule has 0 rings (SSSR count). The van der Waals surface area contributed by atoms with E-state index in [1.165, 1.54) is 250 Å². The fourth-order valence-electron chi connectivity index (χ4n) is 9.28. The molecule has 0 radical (unpaired) electrons. The Kier molecular flexibility index (Phi) is 54.0. The van der Waals surface area contributed by atoms with Crippen molar-refractivity contribution >= 4 is 11.9 Å². The molecular weight excluding hydrogens is 803 g/mol. The van der Waals surface area contributed by atoms with Gasteiger partial charge in [0, 0.05) is 12.8 Å². The van der Waals surface area contributed by atoms with E-state index in [2.05, 4.69) is 31.3 Å². The van der Waals surface area contributed by atoms with Crippen molar-refractivity contribution in [2.75, 3.05) is 13.2 Å². The summed E-state index contributed by atoms with van der Waals surface area (Å²) in [5.41, 5.74) is 0. The van der Waals surface area contributed by atoms with Gasteiger partial charge in [-0.3, -0.25) is 9.59 Å². The normalized spacial score (nSPS) is 12.6. The lowest BCUT2D eigenvalue weighted by Gasteiger charge is -2.22. The molecule has 0 saturated heterocycles. The van der Waals surface area contributed by atoms with E-state index >= 15 is 0 Å². The molecule has 386 valence electrons. The van der Waals surface area contributed by atoms with E-state index in [0.29, 0.717) is 25.9 Å². The first kappa shape index (κ1) is 63.6. The fraction of sp³-hybridized carbons (Fsp3) is 0.932. The lowest BCUT2D eigenvalue weighted by Crippen LogP contribution is -2.45. The van der Waals surface area contributed by atoms with E-state index in [1.54, 1.807) is 0 Å². The number of rotatable bonds is 55. The molecule has 2 atom stereocenters. The van der Waals surface area contributed by atoms with Gasteiger partial charge in [-0.05, 0) is 51.4 Å². The summed E-state index contributed by atoms with van der Waals surface area (Å²) >= 11 is 0. The van der Waals surface area contributed by atoms with E-state index < -0.39 is 12.1 Å². The molecule has 2 unspecified atom stereocenters. The number of carbonyl (C=O) groups is 2. The molecule has 6 nitrogen and oxygen atoms in total. The number of ether oxygens (including phenoxy) is 1. The highest BCUT2D eigenvalue weighted by Gasteiger charge is 2.20. The maximum atomic E-state index is 12.5. The quantitative estimate of drug-likeness (QED) is 0.0321. The van der Waals surface area contributed by atoms with Crippen molar-refractivity contribution < 1.29 is 24.5 Å². The number of hydrogen-bond donors (Lipinski definition) is 3. The molecule has 0 aromatic heterocycles. The van der Waals surface area contributed by atoms with Crippen molar-refractivity contribution in [2.45, 2.75) is 341 Å². The highest BCUT2D eigenvalue weighted by Crippen LogP contribution is 2.18. The number of unbranched alkanes of at least 4 members (excludes halogenated alkanes) is 42. The topological polar surface area (TPSA) is 95.9 Å². The van der Waals surface area contributed by atoms with Crippen LogP contribution in [0.3, 0.4) is 0 Å². The number of nitrogens with one attached hydrogen (secondary N) is 1. The van der Waals surface area contributed by atoms with Crippen LogP contribution in [0.4, 0.5) is 0 Å². The van der Waals surface area contributed by atoms with Gasteiger partial charge in [0.25, 0.3) is 0 Å². The van der Waals surface area contributed by atoms with Gasteiger partial charge >= 0.3 is 5.97 Å². The molecule has 6 heteroatoms. The highest BCUT2D eigenvalue weighted by atomic mass is 16.5. The van der Waals surface area contributed by atoms with Gasteiger partial charge in [-0.2, -0.15) is 0 Å². The van der Waals surface area contributed by atoms with Gasteiger partial charge in [0.1, 0.15) is 0 Å². The van der Waals surface area contributed by atoms with Crippen molar-refractivity contribution in [3.8, 4) is 0 Å². The molecule has 0 aromatic carbocycles. The van der Waals surface area contributed by atoms with Gasteiger partial charge in [-0.15, -0.1) is 0 Å². The Morgan fingerprint density at radius 3 is 1.09 bits per heavy atom. The Balaban J connectivity index is 3.38. The van der Waals surface area contributed by atoms with E-state index in [4.69, 9.17) is 4.74 Å². The monoisotopic (exact) mass is 918 g/mol. The van der Waals surface area contributed by atoms with E-state index in [9.17, 15) is 19.8 Å². The summed E-state index contributed by atoms with van der Waals surface area (Å²) < 4.78 is 5.48. The average Bonchev–Trinajstić information content (AvgIpc) is 3.31. The Hall–Kier alpha value is -1.40. The summed E-state index contributed by atoms with van der Waals surface area (Å²) in [5.74, 6) is -0.0325. The van der Waals surface area contributed by atoms with E-state index in [1.807, 2.05) is 0 Å². The summed E-state index contributed by atoms with van der Waals surface area (Å²) in [6.07, 6.45) is 64.9. The molecular formula is C59H115NO5. The van der Waals surface area contributed by atoms with Gasteiger partial charge in [0.15, 0.2) is 0 Å². The second-order valence-corrected chi connectivity index (χ2v) is 20.3.